The Balaban J connectivity index is 2.03. The summed E-state index contributed by atoms with van der Waals surface area (Å²) in [7, 11) is -3.20. The van der Waals surface area contributed by atoms with Crippen molar-refractivity contribution in [3.8, 4) is 0 Å². The molecule has 6 heteroatoms. The van der Waals surface area contributed by atoms with Gasteiger partial charge >= 0.3 is 0 Å². The standard InChI is InChI=1S/C13H21N3O2S/c1-2-16(10-12-5-8-14-9-6-12)19(17,18)11-13-4-3-7-15-13/h5-6,8-9,13,15H,2-4,7,10-11H2,1H3. The van der Waals surface area contributed by atoms with E-state index in [0.29, 0.717) is 13.1 Å². The smallest absolute Gasteiger partial charge is 0.215 e. The first kappa shape index (κ1) is 14.4. The van der Waals surface area contributed by atoms with Crippen molar-refractivity contribution in [1.29, 1.82) is 0 Å². The zero-order valence-electron chi connectivity index (χ0n) is 11.2. The summed E-state index contributed by atoms with van der Waals surface area (Å²) in [4.78, 5) is 3.95. The molecule has 1 aliphatic rings. The molecule has 1 saturated heterocycles. The van der Waals surface area contributed by atoms with Gasteiger partial charge < -0.3 is 5.32 Å². The number of nitrogens with one attached hydrogen (secondary N) is 1. The van der Waals surface area contributed by atoms with E-state index in [9.17, 15) is 8.42 Å². The second-order valence-corrected chi connectivity index (χ2v) is 6.87. The first-order valence-electron chi connectivity index (χ1n) is 6.72. The van der Waals surface area contributed by atoms with Gasteiger partial charge in [-0.15, -0.1) is 0 Å². The Morgan fingerprint density at radius 3 is 2.74 bits per heavy atom. The summed E-state index contributed by atoms with van der Waals surface area (Å²) in [5.41, 5.74) is 0.972. The lowest BCUT2D eigenvalue weighted by atomic mass is 10.3. The lowest BCUT2D eigenvalue weighted by Crippen LogP contribution is -2.39. The predicted molar refractivity (Wildman–Crippen MR) is 75.1 cm³/mol. The Morgan fingerprint density at radius 1 is 1.42 bits per heavy atom. The largest absolute Gasteiger partial charge is 0.313 e. The van der Waals surface area contributed by atoms with Crippen molar-refractivity contribution < 1.29 is 8.42 Å². The predicted octanol–water partition coefficient (Wildman–Crippen LogP) is 0.985. The van der Waals surface area contributed by atoms with Crippen molar-refractivity contribution in [2.75, 3.05) is 18.8 Å². The molecule has 1 aromatic rings. The minimum Gasteiger partial charge on any atom is -0.313 e. The molecule has 0 spiro atoms. The van der Waals surface area contributed by atoms with Crippen LogP contribution >= 0.6 is 0 Å². The Morgan fingerprint density at radius 2 is 2.16 bits per heavy atom. The zero-order chi connectivity index (χ0) is 13.7. The number of sulfonamides is 1. The minimum absolute atomic E-state index is 0.108. The molecule has 0 aliphatic carbocycles. The molecule has 2 heterocycles. The highest BCUT2D eigenvalue weighted by Crippen LogP contribution is 2.13. The summed E-state index contributed by atoms with van der Waals surface area (Å²) in [6, 6.07) is 3.81. The van der Waals surface area contributed by atoms with Gasteiger partial charge in [0.05, 0.1) is 5.75 Å². The van der Waals surface area contributed by atoms with Gasteiger partial charge in [0, 0.05) is 31.5 Å². The number of aromatic nitrogens is 1. The molecule has 0 aromatic carbocycles. The summed E-state index contributed by atoms with van der Waals surface area (Å²) in [6.45, 7) is 3.73. The maximum absolute atomic E-state index is 12.4. The van der Waals surface area contributed by atoms with Gasteiger partial charge in [0.2, 0.25) is 10.0 Å². The maximum atomic E-state index is 12.4. The number of pyridine rings is 1. The molecule has 0 radical (unpaired) electrons. The Hall–Kier alpha value is -0.980. The van der Waals surface area contributed by atoms with E-state index in [1.807, 2.05) is 19.1 Å². The van der Waals surface area contributed by atoms with Crippen molar-refractivity contribution in [1.82, 2.24) is 14.6 Å². The lowest BCUT2D eigenvalue weighted by Gasteiger charge is -2.22. The second kappa shape index (κ2) is 6.45. The monoisotopic (exact) mass is 283 g/mol. The van der Waals surface area contributed by atoms with E-state index in [4.69, 9.17) is 0 Å². The van der Waals surface area contributed by atoms with E-state index < -0.39 is 10.0 Å². The fourth-order valence-corrected chi connectivity index (χ4v) is 4.10. The van der Waals surface area contributed by atoms with E-state index >= 15 is 0 Å². The first-order valence-corrected chi connectivity index (χ1v) is 8.33. The molecule has 1 N–H and O–H groups in total. The molecular weight excluding hydrogens is 262 g/mol. The molecule has 19 heavy (non-hydrogen) atoms. The van der Waals surface area contributed by atoms with Crippen LogP contribution in [0.2, 0.25) is 0 Å². The van der Waals surface area contributed by atoms with Gasteiger partial charge in [0.25, 0.3) is 0 Å². The van der Waals surface area contributed by atoms with Crippen LogP contribution in [0.5, 0.6) is 0 Å². The third-order valence-corrected chi connectivity index (χ3v) is 5.43. The van der Waals surface area contributed by atoms with Crippen LogP contribution in [0.25, 0.3) is 0 Å². The Labute approximate surface area is 115 Å². The molecule has 0 saturated carbocycles. The quantitative estimate of drug-likeness (QED) is 0.845. The summed E-state index contributed by atoms with van der Waals surface area (Å²) >= 11 is 0. The molecule has 1 fully saturated rings. The molecule has 1 atom stereocenters. The first-order chi connectivity index (χ1) is 9.12. The normalized spacial score (nSPS) is 20.0. The molecule has 0 amide bonds. The van der Waals surface area contributed by atoms with Gasteiger partial charge in [-0.25, -0.2) is 8.42 Å². The van der Waals surface area contributed by atoms with Crippen LogP contribution < -0.4 is 5.32 Å². The topological polar surface area (TPSA) is 62.3 Å². The van der Waals surface area contributed by atoms with Crippen molar-refractivity contribution >= 4 is 10.0 Å². The van der Waals surface area contributed by atoms with E-state index in [1.165, 1.54) is 0 Å². The average Bonchev–Trinajstić information content (AvgIpc) is 2.89. The molecule has 106 valence electrons. The summed E-state index contributed by atoms with van der Waals surface area (Å²) in [6.07, 6.45) is 5.39. The number of rotatable bonds is 6. The molecular formula is C13H21N3O2S. The Kier molecular flexibility index (Phi) is 4.90. The third kappa shape index (κ3) is 3.99. The second-order valence-electron chi connectivity index (χ2n) is 4.85. The van der Waals surface area contributed by atoms with Crippen LogP contribution in [0, 0.1) is 0 Å². The van der Waals surface area contributed by atoms with E-state index in [-0.39, 0.29) is 11.8 Å². The van der Waals surface area contributed by atoms with Gasteiger partial charge in [0.15, 0.2) is 0 Å². The maximum Gasteiger partial charge on any atom is 0.215 e. The average molecular weight is 283 g/mol. The molecule has 1 aromatic heterocycles. The Bertz CT molecular complexity index is 484. The van der Waals surface area contributed by atoms with Gasteiger partial charge in [-0.05, 0) is 37.1 Å². The van der Waals surface area contributed by atoms with E-state index in [0.717, 1.165) is 24.9 Å². The highest BCUT2D eigenvalue weighted by Gasteiger charge is 2.26. The molecule has 2 rings (SSSR count). The van der Waals surface area contributed by atoms with Crippen molar-refractivity contribution in [3.63, 3.8) is 0 Å². The van der Waals surface area contributed by atoms with Crippen LogP contribution in [0.4, 0.5) is 0 Å². The fraction of sp³-hybridized carbons (Fsp3) is 0.615. The number of nitrogens with zero attached hydrogens (tertiary/aromatic N) is 2. The van der Waals surface area contributed by atoms with Crippen molar-refractivity contribution in [3.05, 3.63) is 30.1 Å². The molecule has 0 bridgehead atoms. The zero-order valence-corrected chi connectivity index (χ0v) is 12.1. The fourth-order valence-electron chi connectivity index (χ4n) is 2.36. The summed E-state index contributed by atoms with van der Waals surface area (Å²) < 4.78 is 26.3. The summed E-state index contributed by atoms with van der Waals surface area (Å²) in [5, 5.41) is 3.24. The SMILES string of the molecule is CCN(Cc1ccncc1)S(=O)(=O)CC1CCCN1. The van der Waals surface area contributed by atoms with E-state index in [2.05, 4.69) is 10.3 Å². The lowest BCUT2D eigenvalue weighted by molar-refractivity contribution is 0.418. The van der Waals surface area contributed by atoms with Crippen molar-refractivity contribution in [2.24, 2.45) is 0 Å². The van der Waals surface area contributed by atoms with Gasteiger partial charge in [-0.3, -0.25) is 4.98 Å². The summed E-state index contributed by atoms with van der Waals surface area (Å²) in [5.74, 6) is 0.200. The van der Waals surface area contributed by atoms with Crippen LogP contribution in [0.1, 0.15) is 25.3 Å². The number of hydrogen-bond acceptors (Lipinski definition) is 4. The van der Waals surface area contributed by atoms with Crippen molar-refractivity contribution in [2.45, 2.75) is 32.4 Å². The molecule has 5 nitrogen and oxygen atoms in total. The van der Waals surface area contributed by atoms with Crippen LogP contribution in [-0.4, -0.2) is 42.6 Å². The molecule has 1 aliphatic heterocycles. The van der Waals surface area contributed by atoms with Crippen LogP contribution in [-0.2, 0) is 16.6 Å². The highest BCUT2D eigenvalue weighted by atomic mass is 32.2. The van der Waals surface area contributed by atoms with Crippen LogP contribution in [0.15, 0.2) is 24.5 Å². The minimum atomic E-state index is -3.20. The van der Waals surface area contributed by atoms with Gasteiger partial charge in [0.1, 0.15) is 0 Å². The van der Waals surface area contributed by atoms with Gasteiger partial charge in [-0.2, -0.15) is 4.31 Å². The highest BCUT2D eigenvalue weighted by molar-refractivity contribution is 7.89. The third-order valence-electron chi connectivity index (χ3n) is 3.43. The van der Waals surface area contributed by atoms with Crippen LogP contribution in [0.3, 0.4) is 0 Å². The van der Waals surface area contributed by atoms with Gasteiger partial charge in [-0.1, -0.05) is 6.92 Å². The van der Waals surface area contributed by atoms with E-state index in [1.54, 1.807) is 16.7 Å². The molecule has 1 unspecified atom stereocenters. The number of hydrogen-bond donors (Lipinski definition) is 1.